The molecule has 4 aliphatic carbocycles. The first kappa shape index (κ1) is 40.7. The first-order valence-electron chi connectivity index (χ1n) is 22.2. The average Bonchev–Trinajstić information content (AvgIpc) is 3.44. The number of carbonyl (C=O) groups is 1. The van der Waals surface area contributed by atoms with Crippen molar-refractivity contribution in [2.45, 2.75) is 215 Å². The van der Waals surface area contributed by atoms with Gasteiger partial charge in [-0.05, 0) is 136 Å². The SMILES string of the molecule is CCCCCCCC/C=C\CCCCCCCC(=O)OC1CC[C@@]2(C)C(=CC[C@H]3[C@@H]4CC[C@H]([C@H](C)CC[C@@H](CC)C(C)C)[C@@]4(C)CC[C@@H]32)C1. The van der Waals surface area contributed by atoms with Crippen LogP contribution in [-0.4, -0.2) is 12.1 Å². The normalized spacial score (nSPS) is 32.4. The lowest BCUT2D eigenvalue weighted by molar-refractivity contribution is -0.151. The van der Waals surface area contributed by atoms with Gasteiger partial charge in [-0.3, -0.25) is 4.79 Å². The van der Waals surface area contributed by atoms with E-state index in [1.165, 1.54) is 128 Å². The van der Waals surface area contributed by atoms with Gasteiger partial charge in [-0.1, -0.05) is 136 Å². The highest BCUT2D eigenvalue weighted by molar-refractivity contribution is 5.69. The van der Waals surface area contributed by atoms with Crippen LogP contribution in [0, 0.1) is 52.3 Å². The Kier molecular flexibility index (Phi) is 16.8. The summed E-state index contributed by atoms with van der Waals surface area (Å²) in [4.78, 5) is 12.8. The first-order valence-corrected chi connectivity index (χ1v) is 22.2. The maximum Gasteiger partial charge on any atom is 0.306 e. The number of fused-ring (bicyclic) bond motifs is 5. The van der Waals surface area contributed by atoms with Gasteiger partial charge in [-0.25, -0.2) is 0 Å². The van der Waals surface area contributed by atoms with Gasteiger partial charge in [0.2, 0.25) is 0 Å². The molecule has 4 aliphatic rings. The minimum Gasteiger partial charge on any atom is -0.462 e. The fraction of sp³-hybridized carbons (Fsp3) is 0.894. The van der Waals surface area contributed by atoms with Crippen LogP contribution >= 0.6 is 0 Å². The van der Waals surface area contributed by atoms with E-state index in [1.54, 1.807) is 5.57 Å². The number of hydrogen-bond donors (Lipinski definition) is 0. The third kappa shape index (κ3) is 11.0. The van der Waals surface area contributed by atoms with Gasteiger partial charge in [0.25, 0.3) is 0 Å². The number of allylic oxidation sites excluding steroid dienone is 3. The van der Waals surface area contributed by atoms with Gasteiger partial charge < -0.3 is 4.74 Å². The largest absolute Gasteiger partial charge is 0.462 e. The van der Waals surface area contributed by atoms with Crippen LogP contribution in [0.15, 0.2) is 23.8 Å². The molecule has 9 atom stereocenters. The molecule has 49 heavy (non-hydrogen) atoms. The lowest BCUT2D eigenvalue weighted by Crippen LogP contribution is -2.51. The molecule has 0 radical (unpaired) electrons. The van der Waals surface area contributed by atoms with E-state index in [4.69, 9.17) is 4.74 Å². The Morgan fingerprint density at radius 3 is 2.16 bits per heavy atom. The van der Waals surface area contributed by atoms with Crippen LogP contribution < -0.4 is 0 Å². The minimum absolute atomic E-state index is 0.0544. The number of esters is 1. The first-order chi connectivity index (χ1) is 23.6. The summed E-state index contributed by atoms with van der Waals surface area (Å²) in [5.74, 6) is 6.15. The Morgan fingerprint density at radius 2 is 1.49 bits per heavy atom. The predicted octanol–water partition coefficient (Wildman–Crippen LogP) is 14.6. The van der Waals surface area contributed by atoms with Crippen molar-refractivity contribution in [3.63, 3.8) is 0 Å². The number of ether oxygens (including phenoxy) is 1. The molecule has 0 aromatic heterocycles. The molecule has 282 valence electrons. The lowest BCUT2D eigenvalue weighted by Gasteiger charge is -2.58. The lowest BCUT2D eigenvalue weighted by atomic mass is 9.47. The summed E-state index contributed by atoms with van der Waals surface area (Å²) >= 11 is 0. The van der Waals surface area contributed by atoms with Crippen LogP contribution in [-0.2, 0) is 9.53 Å². The second-order valence-corrected chi connectivity index (χ2v) is 18.6. The van der Waals surface area contributed by atoms with Gasteiger partial charge >= 0.3 is 5.97 Å². The van der Waals surface area contributed by atoms with Gasteiger partial charge in [0.05, 0.1) is 0 Å². The van der Waals surface area contributed by atoms with E-state index in [9.17, 15) is 4.79 Å². The zero-order chi connectivity index (χ0) is 35.3. The van der Waals surface area contributed by atoms with Crippen molar-refractivity contribution in [3.05, 3.63) is 23.8 Å². The maximum absolute atomic E-state index is 12.8. The van der Waals surface area contributed by atoms with Gasteiger partial charge in [0.15, 0.2) is 0 Å². The summed E-state index contributed by atoms with van der Waals surface area (Å²) in [6.07, 6.45) is 39.4. The predicted molar refractivity (Wildman–Crippen MR) is 212 cm³/mol. The molecule has 4 rings (SSSR count). The molecule has 0 aliphatic heterocycles. The van der Waals surface area contributed by atoms with Crippen molar-refractivity contribution >= 4 is 5.97 Å². The molecule has 0 N–H and O–H groups in total. The summed E-state index contributed by atoms with van der Waals surface area (Å²) in [6, 6.07) is 0. The second-order valence-electron chi connectivity index (χ2n) is 18.6. The highest BCUT2D eigenvalue weighted by atomic mass is 16.5. The third-order valence-electron chi connectivity index (χ3n) is 15.2. The van der Waals surface area contributed by atoms with Crippen molar-refractivity contribution in [3.8, 4) is 0 Å². The number of hydrogen-bond acceptors (Lipinski definition) is 2. The summed E-state index contributed by atoms with van der Waals surface area (Å²) in [5.41, 5.74) is 2.51. The van der Waals surface area contributed by atoms with Crippen molar-refractivity contribution in [2.75, 3.05) is 0 Å². The van der Waals surface area contributed by atoms with Gasteiger partial charge in [-0.15, -0.1) is 0 Å². The maximum atomic E-state index is 12.8. The highest BCUT2D eigenvalue weighted by Gasteiger charge is 2.59. The van der Waals surface area contributed by atoms with E-state index in [0.717, 1.165) is 67.1 Å². The molecule has 0 aromatic carbocycles. The molecule has 0 spiro atoms. The van der Waals surface area contributed by atoms with Crippen LogP contribution in [0.3, 0.4) is 0 Å². The molecule has 2 nitrogen and oxygen atoms in total. The van der Waals surface area contributed by atoms with E-state index in [0.29, 0.717) is 17.3 Å². The average molecular weight is 679 g/mol. The Morgan fingerprint density at radius 1 is 0.816 bits per heavy atom. The monoisotopic (exact) mass is 679 g/mol. The number of unbranched alkanes of at least 4 members (excludes halogenated alkanes) is 11. The summed E-state index contributed by atoms with van der Waals surface area (Å²) in [6.45, 7) is 17.5. The van der Waals surface area contributed by atoms with Crippen LogP contribution in [0.2, 0.25) is 0 Å². The molecule has 0 bridgehead atoms. The van der Waals surface area contributed by atoms with Gasteiger partial charge in [0, 0.05) is 12.8 Å². The molecule has 0 amide bonds. The van der Waals surface area contributed by atoms with Crippen molar-refractivity contribution in [1.82, 2.24) is 0 Å². The zero-order valence-electron chi connectivity index (χ0n) is 33.8. The molecular weight excluding hydrogens is 597 g/mol. The van der Waals surface area contributed by atoms with Crippen molar-refractivity contribution in [2.24, 2.45) is 52.3 Å². The Balaban J connectivity index is 1.13. The van der Waals surface area contributed by atoms with Crippen molar-refractivity contribution < 1.29 is 9.53 Å². The van der Waals surface area contributed by atoms with Gasteiger partial charge in [0.1, 0.15) is 6.10 Å². The third-order valence-corrected chi connectivity index (χ3v) is 15.2. The van der Waals surface area contributed by atoms with E-state index >= 15 is 0 Å². The fourth-order valence-electron chi connectivity index (χ4n) is 12.0. The summed E-state index contributed by atoms with van der Waals surface area (Å²) in [5, 5.41) is 0. The smallest absolute Gasteiger partial charge is 0.306 e. The standard InChI is InChI=1S/C47H82O2/c1-8-10-11-12-13-14-15-16-17-18-19-20-21-22-23-24-45(48)49-40-31-33-46(6)39(35-40)27-28-41-43-30-29-42(47(43,7)34-32-44(41)46)37(5)25-26-38(9-2)36(3)4/h16-17,27,36-38,40-44H,8-15,18-26,28-35H2,1-7H3/b17-16-/t37-,38-,40?,41+,42-,43+,44+,46+,47-/m1/s1. The Hall–Kier alpha value is -1.05. The molecule has 0 heterocycles. The number of rotatable bonds is 22. The van der Waals surface area contributed by atoms with E-state index in [-0.39, 0.29) is 12.1 Å². The number of carbonyl (C=O) groups excluding carboxylic acids is 1. The summed E-state index contributed by atoms with van der Waals surface area (Å²) < 4.78 is 6.14. The molecule has 3 fully saturated rings. The molecule has 0 aromatic rings. The molecule has 1 unspecified atom stereocenters. The highest BCUT2D eigenvalue weighted by Crippen LogP contribution is 2.67. The molecule has 3 saturated carbocycles. The zero-order valence-corrected chi connectivity index (χ0v) is 33.8. The van der Waals surface area contributed by atoms with Crippen LogP contribution in [0.5, 0.6) is 0 Å². The Bertz CT molecular complexity index is 1020. The second kappa shape index (κ2) is 20.3. The van der Waals surface area contributed by atoms with E-state index in [2.05, 4.69) is 66.7 Å². The molecule has 2 heteroatoms. The van der Waals surface area contributed by atoms with Crippen LogP contribution in [0.4, 0.5) is 0 Å². The van der Waals surface area contributed by atoms with Crippen molar-refractivity contribution in [1.29, 1.82) is 0 Å². The minimum atomic E-state index is 0.0544. The van der Waals surface area contributed by atoms with E-state index in [1.807, 2.05) is 0 Å². The molecule has 0 saturated heterocycles. The Labute approximate surface area is 305 Å². The van der Waals surface area contributed by atoms with Gasteiger partial charge in [-0.2, -0.15) is 0 Å². The quantitative estimate of drug-likeness (QED) is 0.0647. The van der Waals surface area contributed by atoms with Crippen LogP contribution in [0.25, 0.3) is 0 Å². The topological polar surface area (TPSA) is 26.3 Å². The molecular formula is C47H82O2. The fourth-order valence-corrected chi connectivity index (χ4v) is 12.0. The van der Waals surface area contributed by atoms with Crippen LogP contribution in [0.1, 0.15) is 209 Å². The summed E-state index contributed by atoms with van der Waals surface area (Å²) in [7, 11) is 0. The van der Waals surface area contributed by atoms with E-state index < -0.39 is 0 Å².